The molecule has 1 saturated heterocycles. The second-order valence-electron chi connectivity index (χ2n) is 6.88. The lowest BCUT2D eigenvalue weighted by Gasteiger charge is -2.35. The molecule has 0 amide bonds. The van der Waals surface area contributed by atoms with Gasteiger partial charge in [0, 0.05) is 25.7 Å². The van der Waals surface area contributed by atoms with E-state index in [1.165, 1.54) is 10.7 Å². The van der Waals surface area contributed by atoms with E-state index in [1.807, 2.05) is 24.3 Å². The highest BCUT2D eigenvalue weighted by atomic mass is 32.2. The normalized spacial score (nSPS) is 17.4. The van der Waals surface area contributed by atoms with Crippen LogP contribution in [0.4, 0.5) is 0 Å². The van der Waals surface area contributed by atoms with Gasteiger partial charge in [0.25, 0.3) is 10.2 Å². The molecule has 148 valence electrons. The monoisotopic (exact) mass is 383 g/mol. The summed E-state index contributed by atoms with van der Waals surface area (Å²) in [6.45, 7) is 4.90. The molecule has 1 unspecified atom stereocenters. The molecule has 1 atom stereocenters. The van der Waals surface area contributed by atoms with Crippen molar-refractivity contribution < 1.29 is 13.2 Å². The first-order valence-corrected chi connectivity index (χ1v) is 11.0. The highest BCUT2D eigenvalue weighted by Gasteiger charge is 2.27. The molecule has 0 aliphatic carbocycles. The van der Waals surface area contributed by atoms with Crippen LogP contribution in [0.5, 0.6) is 5.75 Å². The fourth-order valence-corrected chi connectivity index (χ4v) is 4.36. The molecule has 2 rings (SSSR count). The number of rotatable bonds is 10. The zero-order valence-corrected chi connectivity index (χ0v) is 17.1. The summed E-state index contributed by atoms with van der Waals surface area (Å²) in [5.41, 5.74) is 1.04. The summed E-state index contributed by atoms with van der Waals surface area (Å²) >= 11 is 0. The van der Waals surface area contributed by atoms with Gasteiger partial charge in [0.15, 0.2) is 0 Å². The van der Waals surface area contributed by atoms with Crippen LogP contribution in [0.25, 0.3) is 0 Å². The van der Waals surface area contributed by atoms with E-state index >= 15 is 0 Å². The third-order valence-corrected chi connectivity index (χ3v) is 6.56. The predicted octanol–water partition coefficient (Wildman–Crippen LogP) is 2.79. The standard InChI is InChI=1S/C19H33N3O3S/c1-4-5-13-21(2)26(23,24)20-16-18(22-14-9-6-10-15-22)17-11-7-8-12-19(17)25-3/h7-8,11-12,18,20H,4-6,9-10,13-16H2,1-3H3. The van der Waals surface area contributed by atoms with E-state index in [9.17, 15) is 8.42 Å². The van der Waals surface area contributed by atoms with E-state index in [0.717, 1.165) is 50.1 Å². The van der Waals surface area contributed by atoms with E-state index in [4.69, 9.17) is 4.74 Å². The second kappa shape index (κ2) is 10.3. The summed E-state index contributed by atoms with van der Waals surface area (Å²) in [6, 6.07) is 7.87. The number of para-hydroxylation sites is 1. The Balaban J connectivity index is 2.16. The van der Waals surface area contributed by atoms with Crippen molar-refractivity contribution in [2.24, 2.45) is 0 Å². The lowest BCUT2D eigenvalue weighted by Crippen LogP contribution is -2.44. The van der Waals surface area contributed by atoms with Gasteiger partial charge in [-0.2, -0.15) is 12.7 Å². The molecule has 0 bridgehead atoms. The van der Waals surface area contributed by atoms with E-state index in [2.05, 4.69) is 16.5 Å². The Morgan fingerprint density at radius 1 is 1.23 bits per heavy atom. The zero-order chi connectivity index (χ0) is 19.0. The van der Waals surface area contributed by atoms with E-state index in [1.54, 1.807) is 14.2 Å². The highest BCUT2D eigenvalue weighted by Crippen LogP contribution is 2.31. The minimum atomic E-state index is -3.48. The van der Waals surface area contributed by atoms with Gasteiger partial charge in [-0.3, -0.25) is 4.90 Å². The van der Waals surface area contributed by atoms with Crippen LogP contribution in [0.1, 0.15) is 50.6 Å². The average molecular weight is 384 g/mol. The molecule has 1 heterocycles. The number of hydrogen-bond donors (Lipinski definition) is 1. The van der Waals surface area contributed by atoms with E-state index in [0.29, 0.717) is 13.1 Å². The smallest absolute Gasteiger partial charge is 0.279 e. The number of ether oxygens (including phenoxy) is 1. The predicted molar refractivity (Wildman–Crippen MR) is 106 cm³/mol. The summed E-state index contributed by atoms with van der Waals surface area (Å²) in [7, 11) is -0.181. The molecule has 7 heteroatoms. The number of likely N-dealkylation sites (tertiary alicyclic amines) is 1. The maximum absolute atomic E-state index is 12.6. The Labute approximate surface area is 158 Å². The number of unbranched alkanes of at least 4 members (excludes halogenated alkanes) is 1. The molecule has 1 N–H and O–H groups in total. The maximum atomic E-state index is 12.6. The average Bonchev–Trinajstić information content (AvgIpc) is 2.67. The van der Waals surface area contributed by atoms with Crippen LogP contribution in [-0.4, -0.2) is 58.0 Å². The Morgan fingerprint density at radius 2 is 1.92 bits per heavy atom. The molecule has 0 aromatic heterocycles. The lowest BCUT2D eigenvalue weighted by molar-refractivity contribution is 0.161. The van der Waals surface area contributed by atoms with E-state index < -0.39 is 10.2 Å². The van der Waals surface area contributed by atoms with Crippen molar-refractivity contribution in [1.82, 2.24) is 13.9 Å². The van der Waals surface area contributed by atoms with Crippen LogP contribution in [0.2, 0.25) is 0 Å². The van der Waals surface area contributed by atoms with Crippen LogP contribution >= 0.6 is 0 Å². The van der Waals surface area contributed by atoms with Gasteiger partial charge >= 0.3 is 0 Å². The van der Waals surface area contributed by atoms with Crippen molar-refractivity contribution in [3.63, 3.8) is 0 Å². The molecular weight excluding hydrogens is 350 g/mol. The number of nitrogens with one attached hydrogen (secondary N) is 1. The van der Waals surface area contributed by atoms with Crippen LogP contribution in [0.15, 0.2) is 24.3 Å². The summed E-state index contributed by atoms with van der Waals surface area (Å²) < 4.78 is 34.9. The quantitative estimate of drug-likeness (QED) is 0.675. The molecule has 1 aliphatic rings. The lowest BCUT2D eigenvalue weighted by atomic mass is 10.0. The van der Waals surface area contributed by atoms with Gasteiger partial charge in [-0.25, -0.2) is 4.72 Å². The van der Waals surface area contributed by atoms with Gasteiger partial charge in [0.1, 0.15) is 5.75 Å². The van der Waals surface area contributed by atoms with Crippen molar-refractivity contribution in [2.45, 2.75) is 45.1 Å². The SMILES string of the molecule is CCCCN(C)S(=O)(=O)NCC(c1ccccc1OC)N1CCCCC1. The number of hydrogen-bond acceptors (Lipinski definition) is 4. The number of piperidine rings is 1. The minimum absolute atomic E-state index is 0.0270. The fraction of sp³-hybridized carbons (Fsp3) is 0.684. The first-order chi connectivity index (χ1) is 12.5. The van der Waals surface area contributed by atoms with Crippen molar-refractivity contribution >= 4 is 10.2 Å². The molecule has 1 aromatic carbocycles. The van der Waals surface area contributed by atoms with Gasteiger partial charge in [-0.05, 0) is 38.4 Å². The third-order valence-electron chi connectivity index (χ3n) is 5.03. The van der Waals surface area contributed by atoms with Gasteiger partial charge in [-0.1, -0.05) is 38.0 Å². The van der Waals surface area contributed by atoms with E-state index in [-0.39, 0.29) is 6.04 Å². The molecule has 6 nitrogen and oxygen atoms in total. The first kappa shape index (κ1) is 21.2. The van der Waals surface area contributed by atoms with Gasteiger partial charge in [0.05, 0.1) is 13.2 Å². The zero-order valence-electron chi connectivity index (χ0n) is 16.3. The van der Waals surface area contributed by atoms with Crippen molar-refractivity contribution in [1.29, 1.82) is 0 Å². The van der Waals surface area contributed by atoms with Gasteiger partial charge in [0.2, 0.25) is 0 Å². The number of nitrogens with zero attached hydrogens (tertiary/aromatic N) is 2. The summed E-state index contributed by atoms with van der Waals surface area (Å²) in [5, 5.41) is 0. The third kappa shape index (κ3) is 5.67. The Hall–Kier alpha value is -1.15. The van der Waals surface area contributed by atoms with Crippen molar-refractivity contribution in [2.75, 3.05) is 40.3 Å². The molecule has 26 heavy (non-hydrogen) atoms. The fourth-order valence-electron chi connectivity index (χ4n) is 3.40. The Morgan fingerprint density at radius 3 is 2.58 bits per heavy atom. The number of benzene rings is 1. The highest BCUT2D eigenvalue weighted by molar-refractivity contribution is 7.87. The Kier molecular flexibility index (Phi) is 8.34. The molecule has 1 fully saturated rings. The molecular formula is C19H33N3O3S. The molecule has 1 aliphatic heterocycles. The van der Waals surface area contributed by atoms with Crippen molar-refractivity contribution in [3.8, 4) is 5.75 Å². The van der Waals surface area contributed by atoms with Crippen LogP contribution in [0.3, 0.4) is 0 Å². The van der Waals surface area contributed by atoms with Crippen LogP contribution in [-0.2, 0) is 10.2 Å². The second-order valence-corrected chi connectivity index (χ2v) is 8.75. The molecule has 0 saturated carbocycles. The first-order valence-electron chi connectivity index (χ1n) is 9.57. The Bertz CT molecular complexity index is 645. The van der Waals surface area contributed by atoms with Crippen LogP contribution in [0, 0.1) is 0 Å². The largest absolute Gasteiger partial charge is 0.496 e. The topological polar surface area (TPSA) is 61.9 Å². The number of methoxy groups -OCH3 is 1. The van der Waals surface area contributed by atoms with Gasteiger partial charge < -0.3 is 4.74 Å². The van der Waals surface area contributed by atoms with Crippen LogP contribution < -0.4 is 9.46 Å². The minimum Gasteiger partial charge on any atom is -0.496 e. The molecule has 0 spiro atoms. The van der Waals surface area contributed by atoms with Crippen molar-refractivity contribution in [3.05, 3.63) is 29.8 Å². The summed E-state index contributed by atoms with van der Waals surface area (Å²) in [4.78, 5) is 2.37. The molecule has 0 radical (unpaired) electrons. The summed E-state index contributed by atoms with van der Waals surface area (Å²) in [6.07, 6.45) is 5.36. The maximum Gasteiger partial charge on any atom is 0.279 e. The summed E-state index contributed by atoms with van der Waals surface area (Å²) in [5.74, 6) is 0.807. The van der Waals surface area contributed by atoms with Gasteiger partial charge in [-0.15, -0.1) is 0 Å². The molecule has 1 aromatic rings.